The summed E-state index contributed by atoms with van der Waals surface area (Å²) in [6.45, 7) is 2.01. The highest BCUT2D eigenvalue weighted by atomic mass is 35.5. The topological polar surface area (TPSA) is 55.9 Å². The standard InChI is InChI=1S/C12H14Cl2N4/c1-3-9-11(15)12(18(2)17-9)16-10-5-4-7(13)6-8(10)14/h4-6,16H,3,15H2,1-2H3. The molecule has 0 fully saturated rings. The van der Waals surface area contributed by atoms with Crippen molar-refractivity contribution in [1.29, 1.82) is 0 Å². The molecule has 0 saturated carbocycles. The maximum absolute atomic E-state index is 6.11. The molecule has 0 saturated heterocycles. The van der Waals surface area contributed by atoms with E-state index in [0.29, 0.717) is 15.7 Å². The van der Waals surface area contributed by atoms with Gasteiger partial charge in [0, 0.05) is 12.1 Å². The Balaban J connectivity index is 2.37. The number of halogens is 2. The van der Waals surface area contributed by atoms with Crippen LogP contribution >= 0.6 is 23.2 Å². The Morgan fingerprint density at radius 1 is 1.39 bits per heavy atom. The number of nitrogens with one attached hydrogen (secondary N) is 1. The monoisotopic (exact) mass is 284 g/mol. The second-order valence-electron chi connectivity index (χ2n) is 3.94. The van der Waals surface area contributed by atoms with Crippen LogP contribution in [0.3, 0.4) is 0 Å². The van der Waals surface area contributed by atoms with Gasteiger partial charge in [0.15, 0.2) is 5.82 Å². The van der Waals surface area contributed by atoms with Gasteiger partial charge in [0.05, 0.1) is 22.1 Å². The van der Waals surface area contributed by atoms with Gasteiger partial charge in [-0.05, 0) is 24.6 Å². The van der Waals surface area contributed by atoms with Crippen molar-refractivity contribution in [2.75, 3.05) is 11.1 Å². The Labute approximate surface area is 116 Å². The predicted molar refractivity (Wildman–Crippen MR) is 76.7 cm³/mol. The van der Waals surface area contributed by atoms with Crippen molar-refractivity contribution in [2.45, 2.75) is 13.3 Å². The number of aryl methyl sites for hydroxylation is 2. The highest BCUT2D eigenvalue weighted by Crippen LogP contribution is 2.31. The van der Waals surface area contributed by atoms with Crippen LogP contribution in [0.5, 0.6) is 0 Å². The zero-order valence-electron chi connectivity index (χ0n) is 10.2. The number of nitrogens with zero attached hydrogens (tertiary/aromatic N) is 2. The van der Waals surface area contributed by atoms with Crippen molar-refractivity contribution >= 4 is 40.4 Å². The third-order valence-corrected chi connectivity index (χ3v) is 3.23. The van der Waals surface area contributed by atoms with Crippen LogP contribution in [-0.2, 0) is 13.5 Å². The Bertz CT molecular complexity index is 578. The summed E-state index contributed by atoms with van der Waals surface area (Å²) in [6.07, 6.45) is 0.787. The molecule has 0 atom stereocenters. The molecule has 1 aromatic carbocycles. The van der Waals surface area contributed by atoms with Gasteiger partial charge in [0.1, 0.15) is 0 Å². The lowest BCUT2D eigenvalue weighted by Gasteiger charge is -2.09. The van der Waals surface area contributed by atoms with Crippen molar-refractivity contribution in [1.82, 2.24) is 9.78 Å². The molecule has 1 heterocycles. The van der Waals surface area contributed by atoms with Crippen LogP contribution in [0.4, 0.5) is 17.2 Å². The summed E-state index contributed by atoms with van der Waals surface area (Å²) in [5.41, 5.74) is 8.29. The van der Waals surface area contributed by atoms with Crippen LogP contribution < -0.4 is 11.1 Å². The second-order valence-corrected chi connectivity index (χ2v) is 4.78. The molecule has 0 radical (unpaired) electrons. The van der Waals surface area contributed by atoms with E-state index in [9.17, 15) is 0 Å². The van der Waals surface area contributed by atoms with E-state index in [-0.39, 0.29) is 0 Å². The van der Waals surface area contributed by atoms with E-state index in [1.54, 1.807) is 16.8 Å². The SMILES string of the molecule is CCc1nn(C)c(Nc2ccc(Cl)cc2Cl)c1N. The van der Waals surface area contributed by atoms with Gasteiger partial charge in [-0.1, -0.05) is 30.1 Å². The fraction of sp³-hybridized carbons (Fsp3) is 0.250. The van der Waals surface area contributed by atoms with Crippen LogP contribution in [0.1, 0.15) is 12.6 Å². The van der Waals surface area contributed by atoms with E-state index < -0.39 is 0 Å². The van der Waals surface area contributed by atoms with Crippen LogP contribution in [0.25, 0.3) is 0 Å². The lowest BCUT2D eigenvalue weighted by atomic mass is 10.3. The number of rotatable bonds is 3. The largest absolute Gasteiger partial charge is 0.394 e. The molecule has 0 aliphatic heterocycles. The zero-order chi connectivity index (χ0) is 13.3. The zero-order valence-corrected chi connectivity index (χ0v) is 11.7. The third-order valence-electron chi connectivity index (χ3n) is 2.68. The maximum Gasteiger partial charge on any atom is 0.152 e. The summed E-state index contributed by atoms with van der Waals surface area (Å²) < 4.78 is 1.71. The molecule has 96 valence electrons. The molecule has 18 heavy (non-hydrogen) atoms. The normalized spacial score (nSPS) is 10.7. The lowest BCUT2D eigenvalue weighted by molar-refractivity contribution is 0.753. The van der Waals surface area contributed by atoms with Crippen molar-refractivity contribution in [2.24, 2.45) is 7.05 Å². The van der Waals surface area contributed by atoms with Crippen LogP contribution in [0, 0.1) is 0 Å². The minimum absolute atomic E-state index is 0.543. The van der Waals surface area contributed by atoms with Gasteiger partial charge in [0.25, 0.3) is 0 Å². The van der Waals surface area contributed by atoms with E-state index in [1.807, 2.05) is 20.0 Å². The number of aromatic nitrogens is 2. The first-order valence-electron chi connectivity index (χ1n) is 5.56. The molecule has 0 bridgehead atoms. The minimum Gasteiger partial charge on any atom is -0.394 e. The molecule has 1 aromatic heterocycles. The van der Waals surface area contributed by atoms with Gasteiger partial charge in [-0.2, -0.15) is 5.10 Å². The lowest BCUT2D eigenvalue weighted by Crippen LogP contribution is -2.01. The van der Waals surface area contributed by atoms with Crippen LogP contribution in [0.2, 0.25) is 10.0 Å². The van der Waals surface area contributed by atoms with Gasteiger partial charge in [0.2, 0.25) is 0 Å². The first-order chi connectivity index (χ1) is 8.52. The van der Waals surface area contributed by atoms with Crippen molar-refractivity contribution in [3.8, 4) is 0 Å². The van der Waals surface area contributed by atoms with Gasteiger partial charge in [-0.15, -0.1) is 0 Å². The first kappa shape index (κ1) is 13.1. The molecule has 0 aliphatic rings. The van der Waals surface area contributed by atoms with Gasteiger partial charge in [-0.25, -0.2) is 0 Å². The Morgan fingerprint density at radius 2 is 2.11 bits per heavy atom. The van der Waals surface area contributed by atoms with Crippen molar-refractivity contribution in [3.63, 3.8) is 0 Å². The number of anilines is 3. The average Bonchev–Trinajstić information content (AvgIpc) is 2.59. The molecule has 2 aromatic rings. The van der Waals surface area contributed by atoms with E-state index in [0.717, 1.165) is 23.6 Å². The van der Waals surface area contributed by atoms with Crippen molar-refractivity contribution < 1.29 is 0 Å². The maximum atomic E-state index is 6.11. The molecular weight excluding hydrogens is 271 g/mol. The van der Waals surface area contributed by atoms with E-state index in [2.05, 4.69) is 10.4 Å². The van der Waals surface area contributed by atoms with E-state index >= 15 is 0 Å². The number of nitrogen functional groups attached to an aromatic ring is 1. The second kappa shape index (κ2) is 5.08. The Hall–Kier alpha value is -1.39. The highest BCUT2D eigenvalue weighted by Gasteiger charge is 2.13. The Kier molecular flexibility index (Phi) is 3.68. The average molecular weight is 285 g/mol. The van der Waals surface area contributed by atoms with Gasteiger partial charge in [-0.3, -0.25) is 4.68 Å². The molecule has 0 spiro atoms. The first-order valence-corrected chi connectivity index (χ1v) is 6.32. The molecule has 6 heteroatoms. The number of benzene rings is 1. The summed E-state index contributed by atoms with van der Waals surface area (Å²) >= 11 is 12.0. The van der Waals surface area contributed by atoms with Crippen LogP contribution in [-0.4, -0.2) is 9.78 Å². The molecule has 0 amide bonds. The molecule has 3 N–H and O–H groups in total. The fourth-order valence-electron chi connectivity index (χ4n) is 1.72. The summed E-state index contributed by atoms with van der Waals surface area (Å²) in [7, 11) is 1.83. The van der Waals surface area contributed by atoms with E-state index in [4.69, 9.17) is 28.9 Å². The molecule has 2 rings (SSSR count). The number of hydrogen-bond acceptors (Lipinski definition) is 3. The van der Waals surface area contributed by atoms with Gasteiger partial charge >= 0.3 is 0 Å². The van der Waals surface area contributed by atoms with Gasteiger partial charge < -0.3 is 11.1 Å². The molecule has 0 aliphatic carbocycles. The molecule has 0 unspecified atom stereocenters. The van der Waals surface area contributed by atoms with Crippen molar-refractivity contribution in [3.05, 3.63) is 33.9 Å². The predicted octanol–water partition coefficient (Wildman–Crippen LogP) is 3.62. The quantitative estimate of drug-likeness (QED) is 0.905. The number of hydrogen-bond donors (Lipinski definition) is 2. The minimum atomic E-state index is 0.543. The fourth-order valence-corrected chi connectivity index (χ4v) is 2.18. The molecule has 4 nitrogen and oxygen atoms in total. The summed E-state index contributed by atoms with van der Waals surface area (Å²) in [5, 5.41) is 8.65. The smallest absolute Gasteiger partial charge is 0.152 e. The van der Waals surface area contributed by atoms with E-state index in [1.165, 1.54) is 0 Å². The summed E-state index contributed by atoms with van der Waals surface area (Å²) in [4.78, 5) is 0. The van der Waals surface area contributed by atoms with Crippen LogP contribution in [0.15, 0.2) is 18.2 Å². The summed E-state index contributed by atoms with van der Waals surface area (Å²) in [5.74, 6) is 0.732. The Morgan fingerprint density at radius 3 is 2.67 bits per heavy atom. The highest BCUT2D eigenvalue weighted by molar-refractivity contribution is 6.36. The third kappa shape index (κ3) is 2.40. The molecular formula is C12H14Cl2N4. The summed E-state index contributed by atoms with van der Waals surface area (Å²) in [6, 6.07) is 5.25. The number of nitrogens with two attached hydrogens (primary N) is 1.